The molecule has 0 atom stereocenters. The average molecular weight is 429 g/mol. The van der Waals surface area contributed by atoms with E-state index in [2.05, 4.69) is 34.2 Å². The molecule has 4 nitrogen and oxygen atoms in total. The van der Waals surface area contributed by atoms with Crippen LogP contribution in [0.15, 0.2) is 75.9 Å². The Morgan fingerprint density at radius 1 is 0.857 bits per heavy atom. The first kappa shape index (κ1) is 20.8. The van der Waals surface area contributed by atoms with Crippen LogP contribution in [-0.2, 0) is 16.2 Å². The maximum absolute atomic E-state index is 12.5. The molecule has 0 aliphatic carbocycles. The van der Waals surface area contributed by atoms with Gasteiger partial charge in [-0.2, -0.15) is 0 Å². The zero-order valence-electron chi connectivity index (χ0n) is 15.6. The number of benzene rings is 2. The van der Waals surface area contributed by atoms with Crippen molar-refractivity contribution in [1.29, 1.82) is 0 Å². The Labute approximate surface area is 177 Å². The first-order valence-electron chi connectivity index (χ1n) is 8.59. The molecule has 0 N–H and O–H groups in total. The van der Waals surface area contributed by atoms with Gasteiger partial charge in [0, 0.05) is 11.5 Å². The van der Waals surface area contributed by atoms with Gasteiger partial charge < -0.3 is 4.74 Å². The van der Waals surface area contributed by atoms with Gasteiger partial charge >= 0.3 is 5.97 Å². The predicted octanol–water partition coefficient (Wildman–Crippen LogP) is 5.57. The number of methoxy groups -OCH3 is 1. The third-order valence-electron chi connectivity index (χ3n) is 3.83. The summed E-state index contributed by atoms with van der Waals surface area (Å²) < 4.78 is 5.04. The molecule has 0 amide bonds. The fraction of sp³-hybridized carbons (Fsp3) is 0.190. The lowest BCUT2D eigenvalue weighted by Gasteiger charge is -2.13. The van der Waals surface area contributed by atoms with Gasteiger partial charge in [-0.05, 0) is 17.4 Å². The molecular formula is C21H20N2O2S3. The molecule has 144 valence electrons. The zero-order chi connectivity index (χ0) is 19.8. The highest BCUT2D eigenvalue weighted by atomic mass is 32.2. The number of esters is 1. The van der Waals surface area contributed by atoms with Crippen LogP contribution in [0.5, 0.6) is 0 Å². The van der Waals surface area contributed by atoms with E-state index in [0.717, 1.165) is 11.5 Å². The molecule has 3 rings (SSSR count). The standard InChI is InChI=1S/C21H20N2O2S3/c1-25-20(24)17-18(27-13-15-9-5-3-6-10-15)22-21(26-2)23-19(17)28-14-16-11-7-4-8-12-16/h3-12H,13-14H2,1-2H3. The Kier molecular flexibility index (Phi) is 7.82. The van der Waals surface area contributed by atoms with E-state index in [1.165, 1.54) is 53.5 Å². The highest BCUT2D eigenvalue weighted by Crippen LogP contribution is 2.34. The second-order valence-corrected chi connectivity index (χ2v) is 8.44. The van der Waals surface area contributed by atoms with Gasteiger partial charge in [0.05, 0.1) is 7.11 Å². The fourth-order valence-corrected chi connectivity index (χ4v) is 4.92. The second kappa shape index (κ2) is 10.5. The molecule has 1 heterocycles. The summed E-state index contributed by atoms with van der Waals surface area (Å²) >= 11 is 4.53. The van der Waals surface area contributed by atoms with Crippen LogP contribution in [0.2, 0.25) is 0 Å². The minimum Gasteiger partial charge on any atom is -0.465 e. The topological polar surface area (TPSA) is 52.1 Å². The van der Waals surface area contributed by atoms with Crippen molar-refractivity contribution >= 4 is 41.3 Å². The highest BCUT2D eigenvalue weighted by Gasteiger charge is 2.22. The third kappa shape index (κ3) is 5.53. The van der Waals surface area contributed by atoms with Gasteiger partial charge in [0.15, 0.2) is 5.16 Å². The van der Waals surface area contributed by atoms with E-state index in [0.29, 0.717) is 20.8 Å². The van der Waals surface area contributed by atoms with Crippen LogP contribution in [-0.4, -0.2) is 29.3 Å². The van der Waals surface area contributed by atoms with E-state index >= 15 is 0 Å². The van der Waals surface area contributed by atoms with E-state index in [-0.39, 0.29) is 0 Å². The minimum atomic E-state index is -0.404. The molecule has 0 unspecified atom stereocenters. The summed E-state index contributed by atoms with van der Waals surface area (Å²) in [5.41, 5.74) is 2.79. The maximum Gasteiger partial charge on any atom is 0.343 e. The van der Waals surface area contributed by atoms with Crippen LogP contribution in [0.1, 0.15) is 21.5 Å². The summed E-state index contributed by atoms with van der Waals surface area (Å²) in [7, 11) is 1.39. The first-order chi connectivity index (χ1) is 13.7. The third-order valence-corrected chi connectivity index (χ3v) is 6.47. The Hall–Kier alpha value is -1.96. The Balaban J connectivity index is 1.91. The SMILES string of the molecule is COC(=O)c1c(SCc2ccccc2)nc(SC)nc1SCc1ccccc1. The lowest BCUT2D eigenvalue weighted by Crippen LogP contribution is -2.10. The molecule has 0 bridgehead atoms. The van der Waals surface area contributed by atoms with Crippen molar-refractivity contribution in [3.05, 3.63) is 77.4 Å². The first-order valence-corrected chi connectivity index (χ1v) is 11.8. The molecule has 28 heavy (non-hydrogen) atoms. The van der Waals surface area contributed by atoms with Crippen LogP contribution in [0, 0.1) is 0 Å². The summed E-state index contributed by atoms with van der Waals surface area (Å²) in [5, 5.41) is 1.97. The zero-order valence-corrected chi connectivity index (χ0v) is 18.1. The number of carbonyl (C=O) groups excluding carboxylic acids is 1. The van der Waals surface area contributed by atoms with Crippen LogP contribution >= 0.6 is 35.3 Å². The van der Waals surface area contributed by atoms with Gasteiger partial charge in [-0.1, -0.05) is 72.4 Å². The van der Waals surface area contributed by atoms with Crippen molar-refractivity contribution in [1.82, 2.24) is 9.97 Å². The average Bonchev–Trinajstić information content (AvgIpc) is 2.76. The van der Waals surface area contributed by atoms with E-state index in [9.17, 15) is 4.79 Å². The van der Waals surface area contributed by atoms with Gasteiger partial charge in [-0.25, -0.2) is 14.8 Å². The number of hydrogen-bond donors (Lipinski definition) is 0. The van der Waals surface area contributed by atoms with E-state index in [1.807, 2.05) is 42.7 Å². The second-order valence-electron chi connectivity index (χ2n) is 5.74. The lowest BCUT2D eigenvalue weighted by atomic mass is 10.2. The number of nitrogens with zero attached hydrogens (tertiary/aromatic N) is 2. The van der Waals surface area contributed by atoms with Gasteiger partial charge in [0.2, 0.25) is 0 Å². The number of rotatable bonds is 8. The summed E-state index contributed by atoms with van der Waals surface area (Å²) in [6.45, 7) is 0. The van der Waals surface area contributed by atoms with Crippen LogP contribution in [0.3, 0.4) is 0 Å². The molecule has 0 saturated carbocycles. The summed E-state index contributed by atoms with van der Waals surface area (Å²) in [5.74, 6) is 1.04. The van der Waals surface area contributed by atoms with Crippen LogP contribution < -0.4 is 0 Å². The molecule has 0 spiro atoms. The molecule has 0 aliphatic rings. The van der Waals surface area contributed by atoms with Gasteiger partial charge in [-0.3, -0.25) is 0 Å². The molecule has 1 aromatic heterocycles. The summed E-state index contributed by atoms with van der Waals surface area (Å²) in [6.07, 6.45) is 1.93. The van der Waals surface area contributed by atoms with Crippen molar-refractivity contribution in [3.63, 3.8) is 0 Å². The van der Waals surface area contributed by atoms with Crippen molar-refractivity contribution in [3.8, 4) is 0 Å². The largest absolute Gasteiger partial charge is 0.465 e. The Morgan fingerprint density at radius 3 is 1.71 bits per heavy atom. The molecule has 0 aliphatic heterocycles. The normalized spacial score (nSPS) is 10.6. The van der Waals surface area contributed by atoms with E-state index in [4.69, 9.17) is 4.74 Å². The molecule has 0 fully saturated rings. The molecule has 3 aromatic rings. The van der Waals surface area contributed by atoms with Crippen molar-refractivity contribution in [2.45, 2.75) is 26.7 Å². The summed E-state index contributed by atoms with van der Waals surface area (Å²) in [6, 6.07) is 20.2. The number of thioether (sulfide) groups is 3. The number of ether oxygens (including phenoxy) is 1. The highest BCUT2D eigenvalue weighted by molar-refractivity contribution is 7.99. The van der Waals surface area contributed by atoms with Crippen molar-refractivity contribution < 1.29 is 9.53 Å². The molecule has 7 heteroatoms. The van der Waals surface area contributed by atoms with E-state index in [1.54, 1.807) is 0 Å². The molecular weight excluding hydrogens is 408 g/mol. The van der Waals surface area contributed by atoms with Crippen molar-refractivity contribution in [2.24, 2.45) is 0 Å². The molecule has 2 aromatic carbocycles. The van der Waals surface area contributed by atoms with Gasteiger partial charge in [0.25, 0.3) is 0 Å². The summed E-state index contributed by atoms with van der Waals surface area (Å²) in [4.78, 5) is 21.7. The predicted molar refractivity (Wildman–Crippen MR) is 117 cm³/mol. The van der Waals surface area contributed by atoms with E-state index < -0.39 is 5.97 Å². The molecule has 0 saturated heterocycles. The lowest BCUT2D eigenvalue weighted by molar-refractivity contribution is 0.0590. The smallest absolute Gasteiger partial charge is 0.343 e. The van der Waals surface area contributed by atoms with Gasteiger partial charge in [-0.15, -0.1) is 23.5 Å². The number of carbonyl (C=O) groups is 1. The number of hydrogen-bond acceptors (Lipinski definition) is 7. The van der Waals surface area contributed by atoms with Crippen LogP contribution in [0.4, 0.5) is 0 Å². The Bertz CT molecular complexity index is 857. The van der Waals surface area contributed by atoms with Gasteiger partial charge in [0.1, 0.15) is 15.6 Å². The van der Waals surface area contributed by atoms with Crippen molar-refractivity contribution in [2.75, 3.05) is 13.4 Å². The maximum atomic E-state index is 12.5. The quantitative estimate of drug-likeness (QED) is 0.201. The fourth-order valence-electron chi connectivity index (χ4n) is 2.43. The number of aromatic nitrogens is 2. The minimum absolute atomic E-state index is 0.404. The molecule has 0 radical (unpaired) electrons. The monoisotopic (exact) mass is 428 g/mol. The Morgan fingerprint density at radius 2 is 1.32 bits per heavy atom. The van der Waals surface area contributed by atoms with Crippen LogP contribution in [0.25, 0.3) is 0 Å².